The van der Waals surface area contributed by atoms with Gasteiger partial charge in [-0.25, -0.2) is 0 Å². The molecule has 0 bridgehead atoms. The van der Waals surface area contributed by atoms with Crippen LogP contribution in [0, 0.1) is 0 Å². The number of methoxy groups -OCH3 is 2. The highest BCUT2D eigenvalue weighted by Gasteiger charge is 2.24. The molecule has 1 aliphatic carbocycles. The van der Waals surface area contributed by atoms with E-state index in [1.807, 2.05) is 6.07 Å². The summed E-state index contributed by atoms with van der Waals surface area (Å²) in [7, 11) is 3.38. The molecule has 0 saturated carbocycles. The van der Waals surface area contributed by atoms with Crippen molar-refractivity contribution >= 4 is 11.1 Å². The molecular weight excluding hydrogens is 308 g/mol. The average molecular weight is 328 g/mol. The summed E-state index contributed by atoms with van der Waals surface area (Å²) in [5.41, 5.74) is 7.66. The van der Waals surface area contributed by atoms with E-state index in [4.69, 9.17) is 9.47 Å². The van der Waals surface area contributed by atoms with Gasteiger partial charge in [-0.1, -0.05) is 54.6 Å². The fourth-order valence-corrected chi connectivity index (χ4v) is 3.52. The minimum absolute atomic E-state index is 0.810. The molecule has 2 heteroatoms. The fraction of sp³-hybridized carbons (Fsp3) is 0.130. The molecule has 0 aliphatic heterocycles. The third kappa shape index (κ3) is 2.80. The second-order valence-electron chi connectivity index (χ2n) is 6.15. The van der Waals surface area contributed by atoms with Crippen LogP contribution in [-0.4, -0.2) is 14.2 Å². The highest BCUT2D eigenvalue weighted by molar-refractivity contribution is 6.03. The number of ether oxygens (including phenoxy) is 2. The predicted octanol–water partition coefficient (Wildman–Crippen LogP) is 5.22. The Labute approximate surface area is 148 Å². The summed E-state index contributed by atoms with van der Waals surface area (Å²) in [5, 5.41) is 0. The van der Waals surface area contributed by atoms with Gasteiger partial charge in [0.2, 0.25) is 0 Å². The average Bonchev–Trinajstić information content (AvgIpc) is 3.07. The molecule has 3 aromatic rings. The normalized spacial score (nSPS) is 12.9. The van der Waals surface area contributed by atoms with Gasteiger partial charge in [-0.05, 0) is 52.0 Å². The van der Waals surface area contributed by atoms with E-state index < -0.39 is 0 Å². The number of allylic oxidation sites excluding steroid dienone is 1. The van der Waals surface area contributed by atoms with E-state index in [9.17, 15) is 0 Å². The highest BCUT2D eigenvalue weighted by atomic mass is 16.5. The van der Waals surface area contributed by atoms with Crippen LogP contribution in [0.2, 0.25) is 0 Å². The van der Waals surface area contributed by atoms with Crippen LogP contribution in [0.1, 0.15) is 22.3 Å². The van der Waals surface area contributed by atoms with Gasteiger partial charge in [0.25, 0.3) is 0 Å². The van der Waals surface area contributed by atoms with Gasteiger partial charge in [0.05, 0.1) is 14.2 Å². The monoisotopic (exact) mass is 328 g/mol. The molecule has 1 aliphatic rings. The molecule has 0 fully saturated rings. The molecule has 0 N–H and O–H groups in total. The predicted molar refractivity (Wildman–Crippen MR) is 102 cm³/mol. The van der Waals surface area contributed by atoms with E-state index >= 15 is 0 Å². The number of hydrogen-bond donors (Lipinski definition) is 0. The molecule has 4 rings (SSSR count). The Morgan fingerprint density at radius 1 is 0.680 bits per heavy atom. The molecular formula is C23H20O2. The molecule has 0 unspecified atom stereocenters. The number of fused-ring (bicyclic) bond motifs is 1. The fourth-order valence-electron chi connectivity index (χ4n) is 3.52. The maximum atomic E-state index is 5.47. The van der Waals surface area contributed by atoms with Crippen molar-refractivity contribution in [1.82, 2.24) is 0 Å². The standard InChI is InChI=1S/C23H20O2/c1-24-19-12-18(13-20(15-19)25-2)22-14-17-10-6-7-11-21(17)23(22)16-8-4-3-5-9-16/h3-13,15H,14H2,1-2H3. The van der Waals surface area contributed by atoms with Crippen LogP contribution in [0.15, 0.2) is 72.8 Å². The smallest absolute Gasteiger partial charge is 0.123 e. The molecule has 0 amide bonds. The van der Waals surface area contributed by atoms with Crippen molar-refractivity contribution in [3.63, 3.8) is 0 Å². The van der Waals surface area contributed by atoms with Crippen LogP contribution in [0.3, 0.4) is 0 Å². The van der Waals surface area contributed by atoms with Crippen molar-refractivity contribution in [1.29, 1.82) is 0 Å². The zero-order valence-corrected chi connectivity index (χ0v) is 14.5. The Kier molecular flexibility index (Phi) is 4.02. The number of hydrogen-bond acceptors (Lipinski definition) is 2. The van der Waals surface area contributed by atoms with Gasteiger partial charge >= 0.3 is 0 Å². The van der Waals surface area contributed by atoms with Gasteiger partial charge in [0, 0.05) is 6.07 Å². The molecule has 0 aromatic heterocycles. The maximum absolute atomic E-state index is 5.47. The summed E-state index contributed by atoms with van der Waals surface area (Å²) in [4.78, 5) is 0. The first kappa shape index (κ1) is 15.5. The van der Waals surface area contributed by atoms with E-state index in [1.165, 1.54) is 27.8 Å². The van der Waals surface area contributed by atoms with Crippen molar-refractivity contribution in [2.45, 2.75) is 6.42 Å². The van der Waals surface area contributed by atoms with Crippen LogP contribution in [-0.2, 0) is 6.42 Å². The molecule has 0 spiro atoms. The Balaban J connectivity index is 1.95. The lowest BCUT2D eigenvalue weighted by atomic mass is 9.94. The van der Waals surface area contributed by atoms with Crippen molar-refractivity contribution in [2.24, 2.45) is 0 Å². The second kappa shape index (κ2) is 6.48. The molecule has 0 radical (unpaired) electrons. The van der Waals surface area contributed by atoms with Gasteiger partial charge in [-0.2, -0.15) is 0 Å². The van der Waals surface area contributed by atoms with Crippen LogP contribution >= 0.6 is 0 Å². The van der Waals surface area contributed by atoms with E-state index in [2.05, 4.69) is 66.7 Å². The first-order valence-corrected chi connectivity index (χ1v) is 8.40. The van der Waals surface area contributed by atoms with Gasteiger partial charge in [-0.3, -0.25) is 0 Å². The molecule has 0 saturated heterocycles. The van der Waals surface area contributed by atoms with Gasteiger partial charge in [0.15, 0.2) is 0 Å². The first-order chi connectivity index (χ1) is 12.3. The van der Waals surface area contributed by atoms with Crippen molar-refractivity contribution in [2.75, 3.05) is 14.2 Å². The van der Waals surface area contributed by atoms with Gasteiger partial charge in [-0.15, -0.1) is 0 Å². The third-order valence-electron chi connectivity index (χ3n) is 4.72. The van der Waals surface area contributed by atoms with Crippen LogP contribution in [0.5, 0.6) is 11.5 Å². The molecule has 124 valence electrons. The maximum Gasteiger partial charge on any atom is 0.123 e. The zero-order chi connectivity index (χ0) is 17.2. The molecule has 0 atom stereocenters. The number of rotatable bonds is 4. The Bertz CT molecular complexity index is 917. The van der Waals surface area contributed by atoms with Gasteiger partial charge in [0.1, 0.15) is 11.5 Å². The SMILES string of the molecule is COc1cc(OC)cc(C2=C(c3ccccc3)c3ccccc3C2)c1. The van der Waals surface area contributed by atoms with Crippen molar-refractivity contribution < 1.29 is 9.47 Å². The van der Waals surface area contributed by atoms with Crippen LogP contribution in [0.4, 0.5) is 0 Å². The third-order valence-corrected chi connectivity index (χ3v) is 4.72. The van der Waals surface area contributed by atoms with Crippen molar-refractivity contribution in [3.05, 3.63) is 95.1 Å². The Morgan fingerprint density at radius 3 is 2.00 bits per heavy atom. The summed E-state index contributed by atoms with van der Waals surface area (Å²) in [6.45, 7) is 0. The lowest BCUT2D eigenvalue weighted by Crippen LogP contribution is -1.93. The van der Waals surface area contributed by atoms with E-state index in [0.717, 1.165) is 23.5 Å². The van der Waals surface area contributed by atoms with Crippen LogP contribution < -0.4 is 9.47 Å². The van der Waals surface area contributed by atoms with E-state index in [-0.39, 0.29) is 0 Å². The topological polar surface area (TPSA) is 18.5 Å². The quantitative estimate of drug-likeness (QED) is 0.654. The first-order valence-electron chi connectivity index (χ1n) is 8.40. The van der Waals surface area contributed by atoms with Crippen LogP contribution in [0.25, 0.3) is 11.1 Å². The van der Waals surface area contributed by atoms with E-state index in [1.54, 1.807) is 14.2 Å². The Morgan fingerprint density at radius 2 is 1.32 bits per heavy atom. The molecule has 0 heterocycles. The van der Waals surface area contributed by atoms with E-state index in [0.29, 0.717) is 0 Å². The van der Waals surface area contributed by atoms with Crippen molar-refractivity contribution in [3.8, 4) is 11.5 Å². The highest BCUT2D eigenvalue weighted by Crippen LogP contribution is 2.43. The largest absolute Gasteiger partial charge is 0.497 e. The molecule has 2 nitrogen and oxygen atoms in total. The summed E-state index contributed by atoms with van der Waals surface area (Å²) >= 11 is 0. The minimum Gasteiger partial charge on any atom is -0.497 e. The Hall–Kier alpha value is -3.00. The zero-order valence-electron chi connectivity index (χ0n) is 14.5. The second-order valence-corrected chi connectivity index (χ2v) is 6.15. The molecule has 25 heavy (non-hydrogen) atoms. The lowest BCUT2D eigenvalue weighted by molar-refractivity contribution is 0.394. The summed E-state index contributed by atoms with van der Waals surface area (Å²) in [5.74, 6) is 1.62. The lowest BCUT2D eigenvalue weighted by Gasteiger charge is -2.12. The summed E-state index contributed by atoms with van der Waals surface area (Å²) in [6.07, 6.45) is 0.913. The molecule has 3 aromatic carbocycles. The number of benzene rings is 3. The minimum atomic E-state index is 0.810. The summed E-state index contributed by atoms with van der Waals surface area (Å²) < 4.78 is 10.9. The summed E-state index contributed by atoms with van der Waals surface area (Å²) in [6, 6.07) is 25.3. The van der Waals surface area contributed by atoms with Gasteiger partial charge < -0.3 is 9.47 Å².